The monoisotopic (exact) mass is 415 g/mol. The lowest BCUT2D eigenvalue weighted by Gasteiger charge is -2.47. The molecule has 4 aliphatic rings. The van der Waals surface area contributed by atoms with E-state index < -0.39 is 17.0 Å². The van der Waals surface area contributed by atoms with Crippen LogP contribution in [0.5, 0.6) is 0 Å². The Morgan fingerprint density at radius 3 is 2.70 bits per heavy atom. The Bertz CT molecular complexity index is 905. The third-order valence-electron chi connectivity index (χ3n) is 7.00. The highest BCUT2D eigenvalue weighted by atomic mass is 19.1. The molecule has 0 radical (unpaired) electrons. The standard InChI is InChI=1S/C23H27F2N3O2/c1-14(29)28-10-11-30-20(13-28)23-8-3-4-15(7-9-23)16(22(23)27)12-19(26)21-17(24)5-2-6-18(21)25/h2,5-6,12,15,20,26-27H,3-4,7-11,13H2,1H3/b16-12-,26-19?,27-22?/t15-,20+,23+/m0/s1. The first-order valence-electron chi connectivity index (χ1n) is 10.5. The van der Waals surface area contributed by atoms with Gasteiger partial charge >= 0.3 is 0 Å². The van der Waals surface area contributed by atoms with Crippen molar-refractivity contribution in [2.45, 2.75) is 45.1 Å². The molecule has 2 bridgehead atoms. The third-order valence-corrected chi connectivity index (χ3v) is 7.00. The average Bonchev–Trinajstić information content (AvgIpc) is 3.01. The predicted octanol–water partition coefficient (Wildman–Crippen LogP) is 4.11. The number of hydrogen-bond acceptors (Lipinski definition) is 4. The van der Waals surface area contributed by atoms with Gasteiger partial charge < -0.3 is 20.5 Å². The first kappa shape index (κ1) is 20.8. The molecular weight excluding hydrogens is 388 g/mol. The lowest BCUT2D eigenvalue weighted by atomic mass is 9.64. The Balaban J connectivity index is 1.69. The molecule has 1 saturated heterocycles. The van der Waals surface area contributed by atoms with E-state index in [-0.39, 0.29) is 29.2 Å². The molecular formula is C23H27F2N3O2. The van der Waals surface area contributed by atoms with E-state index in [1.807, 2.05) is 0 Å². The van der Waals surface area contributed by atoms with Crippen LogP contribution in [0.4, 0.5) is 8.78 Å². The molecule has 1 aromatic rings. The molecule has 1 heterocycles. The first-order chi connectivity index (χ1) is 14.3. The second-order valence-electron chi connectivity index (χ2n) is 8.59. The largest absolute Gasteiger partial charge is 0.374 e. The summed E-state index contributed by atoms with van der Waals surface area (Å²) in [5.41, 5.74) is -0.0317. The molecule has 1 amide bonds. The zero-order valence-corrected chi connectivity index (χ0v) is 17.1. The minimum Gasteiger partial charge on any atom is -0.374 e. The summed E-state index contributed by atoms with van der Waals surface area (Å²) in [5.74, 6) is -1.44. The van der Waals surface area contributed by atoms with Gasteiger partial charge in [-0.3, -0.25) is 4.79 Å². The van der Waals surface area contributed by atoms with Gasteiger partial charge in [-0.1, -0.05) is 12.5 Å². The van der Waals surface area contributed by atoms with Crippen molar-refractivity contribution in [3.05, 3.63) is 47.0 Å². The number of halogens is 2. The van der Waals surface area contributed by atoms with Crippen LogP contribution in [0.15, 0.2) is 29.8 Å². The minimum absolute atomic E-state index is 0.00103. The van der Waals surface area contributed by atoms with Gasteiger partial charge in [0.1, 0.15) is 11.6 Å². The number of morpholine rings is 1. The number of nitrogens with one attached hydrogen (secondary N) is 2. The number of rotatable bonds is 3. The van der Waals surface area contributed by atoms with E-state index in [1.54, 1.807) is 11.8 Å². The Hall–Kier alpha value is -2.41. The van der Waals surface area contributed by atoms with E-state index in [1.165, 1.54) is 12.1 Å². The zero-order valence-electron chi connectivity index (χ0n) is 17.1. The quantitative estimate of drug-likeness (QED) is 0.729. The van der Waals surface area contributed by atoms with Crippen molar-refractivity contribution in [2.24, 2.45) is 11.3 Å². The molecule has 5 nitrogen and oxygen atoms in total. The molecule has 3 saturated carbocycles. The van der Waals surface area contributed by atoms with Crippen LogP contribution < -0.4 is 0 Å². The van der Waals surface area contributed by atoms with Gasteiger partial charge in [0.2, 0.25) is 5.91 Å². The van der Waals surface area contributed by atoms with Gasteiger partial charge in [-0.2, -0.15) is 0 Å². The first-order valence-corrected chi connectivity index (χ1v) is 10.5. The third kappa shape index (κ3) is 3.49. The highest BCUT2D eigenvalue weighted by molar-refractivity contribution is 6.14. The number of benzene rings is 1. The number of nitrogens with zero attached hydrogens (tertiary/aromatic N) is 1. The second-order valence-corrected chi connectivity index (χ2v) is 8.59. The summed E-state index contributed by atoms with van der Waals surface area (Å²) in [5, 5.41) is 17.4. The van der Waals surface area contributed by atoms with Gasteiger partial charge in [0.25, 0.3) is 0 Å². The highest BCUT2D eigenvalue weighted by Gasteiger charge is 2.51. The van der Waals surface area contributed by atoms with Gasteiger partial charge in [-0.15, -0.1) is 0 Å². The van der Waals surface area contributed by atoms with Crippen LogP contribution >= 0.6 is 0 Å². The molecule has 0 unspecified atom stereocenters. The number of fused-ring (bicyclic) bond motifs is 4. The van der Waals surface area contributed by atoms with Crippen molar-refractivity contribution in [3.8, 4) is 0 Å². The summed E-state index contributed by atoms with van der Waals surface area (Å²) in [4.78, 5) is 13.7. The normalized spacial score (nSPS) is 30.4. The number of carbonyl (C=O) groups is 1. The predicted molar refractivity (Wildman–Crippen MR) is 110 cm³/mol. The molecule has 5 rings (SSSR count). The number of ether oxygens (including phenoxy) is 1. The molecule has 0 aromatic heterocycles. The zero-order chi connectivity index (χ0) is 21.5. The highest BCUT2D eigenvalue weighted by Crippen LogP contribution is 2.51. The van der Waals surface area contributed by atoms with Gasteiger partial charge in [-0.05, 0) is 55.4 Å². The Kier molecular flexibility index (Phi) is 5.57. The van der Waals surface area contributed by atoms with Gasteiger partial charge in [0.15, 0.2) is 0 Å². The number of allylic oxidation sites excluding steroid dienone is 2. The van der Waals surface area contributed by atoms with Crippen molar-refractivity contribution in [1.82, 2.24) is 4.90 Å². The van der Waals surface area contributed by atoms with Crippen LogP contribution in [0.25, 0.3) is 0 Å². The fraction of sp³-hybridized carbons (Fsp3) is 0.522. The summed E-state index contributed by atoms with van der Waals surface area (Å²) in [6.07, 6.45) is 5.45. The Morgan fingerprint density at radius 1 is 1.27 bits per heavy atom. The molecule has 1 aromatic carbocycles. The summed E-state index contributed by atoms with van der Waals surface area (Å²) in [6.45, 7) is 3.00. The Labute approximate surface area is 175 Å². The van der Waals surface area contributed by atoms with Crippen molar-refractivity contribution in [3.63, 3.8) is 0 Å². The fourth-order valence-corrected chi connectivity index (χ4v) is 5.34. The van der Waals surface area contributed by atoms with E-state index in [9.17, 15) is 13.6 Å². The summed E-state index contributed by atoms with van der Waals surface area (Å²) >= 11 is 0. The number of hydrogen-bond donors (Lipinski definition) is 2. The maximum Gasteiger partial charge on any atom is 0.219 e. The van der Waals surface area contributed by atoms with Crippen molar-refractivity contribution >= 4 is 17.3 Å². The number of amides is 1. The van der Waals surface area contributed by atoms with Crippen LogP contribution in [0.2, 0.25) is 0 Å². The van der Waals surface area contributed by atoms with E-state index >= 15 is 0 Å². The molecule has 4 fully saturated rings. The molecule has 160 valence electrons. The maximum absolute atomic E-state index is 14.2. The van der Waals surface area contributed by atoms with Crippen molar-refractivity contribution < 1.29 is 18.3 Å². The van der Waals surface area contributed by atoms with Crippen molar-refractivity contribution in [1.29, 1.82) is 10.8 Å². The molecule has 3 atom stereocenters. The van der Waals surface area contributed by atoms with E-state index in [0.717, 1.165) is 44.2 Å². The van der Waals surface area contributed by atoms with Crippen molar-refractivity contribution in [2.75, 3.05) is 19.7 Å². The Morgan fingerprint density at radius 2 is 2.00 bits per heavy atom. The SMILES string of the molecule is CC(=O)N1CCO[C@@H]([C@@]23CCC[C@@H](CC2)/C(=C/C(=N)c2c(F)cccc2F)C3=N)C1. The smallest absolute Gasteiger partial charge is 0.219 e. The average molecular weight is 415 g/mol. The summed E-state index contributed by atoms with van der Waals surface area (Å²) in [6, 6.07) is 3.56. The topological polar surface area (TPSA) is 77.2 Å². The van der Waals surface area contributed by atoms with Gasteiger partial charge in [0, 0.05) is 31.1 Å². The fourth-order valence-electron chi connectivity index (χ4n) is 5.34. The van der Waals surface area contributed by atoms with Crippen LogP contribution in [0.3, 0.4) is 0 Å². The molecule has 3 aliphatic carbocycles. The molecule has 1 aliphatic heterocycles. The van der Waals surface area contributed by atoms with Crippen LogP contribution in [-0.2, 0) is 9.53 Å². The lowest BCUT2D eigenvalue weighted by Crippen LogP contribution is -2.56. The molecule has 30 heavy (non-hydrogen) atoms. The van der Waals surface area contributed by atoms with E-state index in [2.05, 4.69) is 0 Å². The lowest BCUT2D eigenvalue weighted by molar-refractivity contribution is -0.141. The second kappa shape index (κ2) is 8.02. The number of carbonyl (C=O) groups excluding carboxylic acids is 1. The molecule has 2 N–H and O–H groups in total. The van der Waals surface area contributed by atoms with Crippen LogP contribution in [0.1, 0.15) is 44.6 Å². The molecule has 7 heteroatoms. The van der Waals surface area contributed by atoms with Crippen LogP contribution in [0, 0.1) is 33.8 Å². The van der Waals surface area contributed by atoms with Gasteiger partial charge in [-0.25, -0.2) is 8.78 Å². The summed E-state index contributed by atoms with van der Waals surface area (Å²) < 4.78 is 34.5. The van der Waals surface area contributed by atoms with Crippen LogP contribution in [-0.4, -0.2) is 48.0 Å². The minimum atomic E-state index is -0.774. The maximum atomic E-state index is 14.2. The summed E-state index contributed by atoms with van der Waals surface area (Å²) in [7, 11) is 0. The molecule has 0 spiro atoms. The van der Waals surface area contributed by atoms with Gasteiger partial charge in [0.05, 0.1) is 24.0 Å². The van der Waals surface area contributed by atoms with E-state index in [4.69, 9.17) is 15.6 Å². The van der Waals surface area contributed by atoms with E-state index in [0.29, 0.717) is 31.0 Å².